The van der Waals surface area contributed by atoms with Crippen LogP contribution >= 0.6 is 0 Å². The van der Waals surface area contributed by atoms with Gasteiger partial charge in [-0.1, -0.05) is 72.8 Å². The molecule has 5 nitrogen and oxygen atoms in total. The van der Waals surface area contributed by atoms with Crippen molar-refractivity contribution in [3.8, 4) is 0 Å². The average Bonchev–Trinajstić information content (AvgIpc) is 3.29. The van der Waals surface area contributed by atoms with Crippen molar-refractivity contribution in [2.45, 2.75) is 18.4 Å². The van der Waals surface area contributed by atoms with E-state index < -0.39 is 10.0 Å². The lowest BCUT2D eigenvalue weighted by atomic mass is 10.1. The van der Waals surface area contributed by atoms with E-state index in [-0.39, 0.29) is 17.3 Å². The monoisotopic (exact) mass is 432 g/mol. The summed E-state index contributed by atoms with van der Waals surface area (Å²) < 4.78 is 28.5. The van der Waals surface area contributed by atoms with Crippen molar-refractivity contribution in [3.63, 3.8) is 0 Å². The molecule has 0 aliphatic carbocycles. The van der Waals surface area contributed by atoms with Crippen LogP contribution in [0.2, 0.25) is 0 Å². The first-order chi connectivity index (χ1) is 14.9. The Morgan fingerprint density at radius 2 is 1.65 bits per heavy atom. The summed E-state index contributed by atoms with van der Waals surface area (Å²) in [5.41, 5.74) is 4.02. The molecule has 0 atom stereocenters. The van der Waals surface area contributed by atoms with Crippen molar-refractivity contribution in [3.05, 3.63) is 107 Å². The minimum Gasteiger partial charge on any atom is -0.331 e. The second-order valence-corrected chi connectivity index (χ2v) is 9.31. The molecule has 0 fully saturated rings. The molecule has 0 saturated carbocycles. The largest absolute Gasteiger partial charge is 0.331 e. The van der Waals surface area contributed by atoms with Crippen LogP contribution in [0.15, 0.2) is 89.8 Å². The first kappa shape index (κ1) is 21.0. The zero-order valence-electron chi connectivity index (χ0n) is 17.3. The molecule has 0 radical (unpaired) electrons. The van der Waals surface area contributed by atoms with Gasteiger partial charge in [-0.15, -0.1) is 0 Å². The normalized spacial score (nSPS) is 13.8. The minimum absolute atomic E-state index is 0.129. The zero-order valence-corrected chi connectivity index (χ0v) is 18.1. The molecule has 0 bridgehead atoms. The minimum atomic E-state index is -3.76. The number of aryl methyl sites for hydroxylation is 1. The van der Waals surface area contributed by atoms with Crippen LogP contribution in [0.5, 0.6) is 0 Å². The van der Waals surface area contributed by atoms with Crippen molar-refractivity contribution in [1.29, 1.82) is 0 Å². The fraction of sp³-hybridized carbons (Fsp3) is 0.160. The molecule has 1 N–H and O–H groups in total. The van der Waals surface area contributed by atoms with Gasteiger partial charge in [-0.05, 0) is 41.3 Å². The van der Waals surface area contributed by atoms with Crippen molar-refractivity contribution in [2.75, 3.05) is 13.1 Å². The Labute approximate surface area is 183 Å². The maximum absolute atomic E-state index is 13.1. The molecule has 31 heavy (non-hydrogen) atoms. The first-order valence-electron chi connectivity index (χ1n) is 10.1. The second-order valence-electron chi connectivity index (χ2n) is 7.57. The van der Waals surface area contributed by atoms with Gasteiger partial charge in [0.1, 0.15) is 0 Å². The third kappa shape index (κ3) is 4.76. The standard InChI is InChI=1S/C25H24N2O3S/c1-19-12-13-22(16-24(19)31(29,30)26-17-20-8-4-2-5-9-20)25(28)27-15-14-23(18-27)21-10-6-3-7-11-21/h2-14,16,26H,15,17-18H2,1H3. The summed E-state index contributed by atoms with van der Waals surface area (Å²) in [6.45, 7) is 2.93. The van der Waals surface area contributed by atoms with Gasteiger partial charge in [0.05, 0.1) is 4.90 Å². The third-order valence-corrected chi connectivity index (χ3v) is 6.93. The summed E-state index contributed by atoms with van der Waals surface area (Å²) in [5, 5.41) is 0. The molecule has 1 heterocycles. The highest BCUT2D eigenvalue weighted by atomic mass is 32.2. The lowest BCUT2D eigenvalue weighted by Crippen LogP contribution is -2.29. The van der Waals surface area contributed by atoms with Gasteiger partial charge >= 0.3 is 0 Å². The molecular weight excluding hydrogens is 408 g/mol. The highest BCUT2D eigenvalue weighted by Crippen LogP contribution is 2.24. The molecule has 3 aromatic carbocycles. The Kier molecular flexibility index (Phi) is 6.02. The van der Waals surface area contributed by atoms with E-state index >= 15 is 0 Å². The average molecular weight is 433 g/mol. The second kappa shape index (κ2) is 8.88. The summed E-state index contributed by atoms with van der Waals surface area (Å²) in [7, 11) is -3.76. The van der Waals surface area contributed by atoms with E-state index in [0.29, 0.717) is 24.2 Å². The van der Waals surface area contributed by atoms with Crippen molar-refractivity contribution >= 4 is 21.5 Å². The molecule has 3 aromatic rings. The Morgan fingerprint density at radius 1 is 0.968 bits per heavy atom. The number of amides is 1. The van der Waals surface area contributed by atoms with Crippen LogP contribution in [-0.4, -0.2) is 32.3 Å². The van der Waals surface area contributed by atoms with Crippen LogP contribution in [0, 0.1) is 6.92 Å². The molecule has 0 saturated heterocycles. The third-order valence-electron chi connectivity index (χ3n) is 5.38. The van der Waals surface area contributed by atoms with Crippen molar-refractivity contribution in [2.24, 2.45) is 0 Å². The molecule has 6 heteroatoms. The number of nitrogens with zero attached hydrogens (tertiary/aromatic N) is 1. The number of sulfonamides is 1. The van der Waals surface area contributed by atoms with Crippen LogP contribution in [0.25, 0.3) is 5.57 Å². The van der Waals surface area contributed by atoms with Crippen LogP contribution in [0.1, 0.15) is 27.0 Å². The van der Waals surface area contributed by atoms with E-state index in [9.17, 15) is 13.2 Å². The topological polar surface area (TPSA) is 66.5 Å². The maximum atomic E-state index is 13.1. The fourth-order valence-electron chi connectivity index (χ4n) is 3.63. The molecule has 1 aliphatic heterocycles. The SMILES string of the molecule is Cc1ccc(C(=O)N2CC=C(c3ccccc3)C2)cc1S(=O)(=O)NCc1ccccc1. The highest BCUT2D eigenvalue weighted by Gasteiger charge is 2.24. The number of hydrogen-bond donors (Lipinski definition) is 1. The predicted molar refractivity (Wildman–Crippen MR) is 122 cm³/mol. The van der Waals surface area contributed by atoms with Gasteiger partial charge in [0.25, 0.3) is 5.91 Å². The van der Waals surface area contributed by atoms with E-state index in [1.54, 1.807) is 24.0 Å². The fourth-order valence-corrected chi connectivity index (χ4v) is 4.91. The lowest BCUT2D eigenvalue weighted by molar-refractivity contribution is 0.0801. The van der Waals surface area contributed by atoms with Gasteiger partial charge in [0.2, 0.25) is 10.0 Å². The smallest absolute Gasteiger partial charge is 0.254 e. The van der Waals surface area contributed by atoms with E-state index in [4.69, 9.17) is 0 Å². The summed E-state index contributed by atoms with van der Waals surface area (Å²) in [5.74, 6) is -0.179. The molecule has 4 rings (SSSR count). The predicted octanol–water partition coefficient (Wildman–Crippen LogP) is 4.01. The number of carbonyl (C=O) groups excluding carboxylic acids is 1. The number of benzene rings is 3. The van der Waals surface area contributed by atoms with Gasteiger partial charge in [-0.3, -0.25) is 4.79 Å². The van der Waals surface area contributed by atoms with Gasteiger partial charge in [0, 0.05) is 25.2 Å². The Bertz CT molecular complexity index is 1220. The molecular formula is C25H24N2O3S. The van der Waals surface area contributed by atoms with Gasteiger partial charge < -0.3 is 4.90 Å². The first-order valence-corrected chi connectivity index (χ1v) is 11.6. The van der Waals surface area contributed by atoms with E-state index in [0.717, 1.165) is 16.7 Å². The number of nitrogens with one attached hydrogen (secondary N) is 1. The van der Waals surface area contributed by atoms with Crippen LogP contribution in [-0.2, 0) is 16.6 Å². The molecule has 1 amide bonds. The molecule has 0 aromatic heterocycles. The summed E-state index contributed by atoms with van der Waals surface area (Å²) in [6.07, 6.45) is 2.04. The van der Waals surface area contributed by atoms with Gasteiger partial charge in [-0.2, -0.15) is 0 Å². The van der Waals surface area contributed by atoms with E-state index in [1.165, 1.54) is 6.07 Å². The van der Waals surface area contributed by atoms with E-state index in [1.807, 2.05) is 66.7 Å². The Hall–Kier alpha value is -3.22. The molecule has 0 spiro atoms. The summed E-state index contributed by atoms with van der Waals surface area (Å²) in [4.78, 5) is 14.9. The summed E-state index contributed by atoms with van der Waals surface area (Å²) >= 11 is 0. The number of hydrogen-bond acceptors (Lipinski definition) is 3. The van der Waals surface area contributed by atoms with Crippen molar-refractivity contribution in [1.82, 2.24) is 9.62 Å². The van der Waals surface area contributed by atoms with Crippen molar-refractivity contribution < 1.29 is 13.2 Å². The Morgan fingerprint density at radius 3 is 2.35 bits per heavy atom. The van der Waals surface area contributed by atoms with Crippen LogP contribution in [0.3, 0.4) is 0 Å². The highest BCUT2D eigenvalue weighted by molar-refractivity contribution is 7.89. The van der Waals surface area contributed by atoms with Gasteiger partial charge in [-0.25, -0.2) is 13.1 Å². The maximum Gasteiger partial charge on any atom is 0.254 e. The van der Waals surface area contributed by atoms with Crippen LogP contribution < -0.4 is 4.72 Å². The summed E-state index contributed by atoms with van der Waals surface area (Å²) in [6, 6.07) is 24.1. The number of rotatable bonds is 6. The molecule has 0 unspecified atom stereocenters. The quantitative estimate of drug-likeness (QED) is 0.640. The van der Waals surface area contributed by atoms with E-state index in [2.05, 4.69) is 4.72 Å². The van der Waals surface area contributed by atoms with Crippen LogP contribution in [0.4, 0.5) is 0 Å². The Balaban J connectivity index is 1.50. The van der Waals surface area contributed by atoms with Gasteiger partial charge in [0.15, 0.2) is 0 Å². The zero-order chi connectivity index (χ0) is 21.8. The molecule has 1 aliphatic rings. The number of carbonyl (C=O) groups is 1. The molecule has 158 valence electrons. The lowest BCUT2D eigenvalue weighted by Gasteiger charge is -2.18.